The number of carbonyl (C=O) groups excluding carboxylic acids is 3. The number of methoxy groups -OCH3 is 1. The normalized spacial score (nSPS) is 22.7. The highest BCUT2D eigenvalue weighted by Crippen LogP contribution is 2.37. The van der Waals surface area contributed by atoms with Gasteiger partial charge in [-0.15, -0.1) is 6.58 Å². The van der Waals surface area contributed by atoms with Crippen molar-refractivity contribution in [3.05, 3.63) is 49.2 Å². The molecule has 236 valence electrons. The standard InChI is InChI=1S/C34H44N4O6/c1-4-6-11-18-43-24-16-17-37(21-24)31(39)20-26(23-12-7-8-13-23)33(40)38-22-25(19-30(38)34(41)42-3)44-32-27(5-2)35-28-14-9-10-15-29(28)36-32/h4-5,9-10,14-15,23-26,30H,1-2,6-8,11-13,16-22H2,3H3/t24-,25+,26-,30-/m0/s1. The van der Waals surface area contributed by atoms with Crippen molar-refractivity contribution in [3.8, 4) is 5.88 Å². The van der Waals surface area contributed by atoms with Gasteiger partial charge in [-0.3, -0.25) is 9.59 Å². The molecule has 3 fully saturated rings. The van der Waals surface area contributed by atoms with Crippen molar-refractivity contribution in [2.75, 3.05) is 33.4 Å². The first-order chi connectivity index (χ1) is 21.4. The summed E-state index contributed by atoms with van der Waals surface area (Å²) in [7, 11) is 1.32. The van der Waals surface area contributed by atoms with Gasteiger partial charge in [0.15, 0.2) is 0 Å². The number of benzene rings is 1. The summed E-state index contributed by atoms with van der Waals surface area (Å²) >= 11 is 0. The van der Waals surface area contributed by atoms with Crippen molar-refractivity contribution in [1.29, 1.82) is 0 Å². The fraction of sp³-hybridized carbons (Fsp3) is 0.559. The van der Waals surface area contributed by atoms with Crippen LogP contribution in [0, 0.1) is 11.8 Å². The first-order valence-electron chi connectivity index (χ1n) is 15.9. The molecule has 2 saturated heterocycles. The van der Waals surface area contributed by atoms with Gasteiger partial charge >= 0.3 is 5.97 Å². The van der Waals surface area contributed by atoms with Crippen LogP contribution in [0.4, 0.5) is 0 Å². The molecule has 0 unspecified atom stereocenters. The molecule has 1 aliphatic carbocycles. The number of allylic oxidation sites excluding steroid dienone is 1. The number of esters is 1. The van der Waals surface area contributed by atoms with Crippen LogP contribution in [0.25, 0.3) is 17.1 Å². The molecular weight excluding hydrogens is 560 g/mol. The Hall–Kier alpha value is -3.79. The zero-order valence-corrected chi connectivity index (χ0v) is 25.7. The molecule has 2 aromatic rings. The minimum atomic E-state index is -0.808. The number of hydrogen-bond acceptors (Lipinski definition) is 8. The molecule has 0 bridgehead atoms. The van der Waals surface area contributed by atoms with Crippen LogP contribution in [0.2, 0.25) is 0 Å². The molecule has 10 heteroatoms. The number of fused-ring (bicyclic) bond motifs is 1. The van der Waals surface area contributed by atoms with E-state index in [0.717, 1.165) is 50.5 Å². The summed E-state index contributed by atoms with van der Waals surface area (Å²) in [4.78, 5) is 53.5. The predicted molar refractivity (Wildman–Crippen MR) is 167 cm³/mol. The molecule has 0 N–H and O–H groups in total. The van der Waals surface area contributed by atoms with E-state index in [1.807, 2.05) is 35.2 Å². The molecule has 1 saturated carbocycles. The summed E-state index contributed by atoms with van der Waals surface area (Å²) in [6.07, 6.45) is 9.82. The van der Waals surface area contributed by atoms with Crippen LogP contribution < -0.4 is 4.74 Å². The Morgan fingerprint density at radius 1 is 1.05 bits per heavy atom. The number of para-hydroxylation sites is 2. The summed E-state index contributed by atoms with van der Waals surface area (Å²) in [5.41, 5.74) is 1.89. The van der Waals surface area contributed by atoms with Crippen LogP contribution in [0.15, 0.2) is 43.5 Å². The summed E-state index contributed by atoms with van der Waals surface area (Å²) in [6.45, 7) is 9.60. The third kappa shape index (κ3) is 7.29. The van der Waals surface area contributed by atoms with Crippen LogP contribution in [-0.2, 0) is 23.9 Å². The first-order valence-corrected chi connectivity index (χ1v) is 15.9. The highest BCUT2D eigenvalue weighted by Gasteiger charge is 2.46. The second-order valence-corrected chi connectivity index (χ2v) is 12.0. The number of ether oxygens (including phenoxy) is 3. The van der Waals surface area contributed by atoms with Crippen LogP contribution in [0.5, 0.6) is 5.88 Å². The zero-order chi connectivity index (χ0) is 31.1. The number of hydrogen-bond donors (Lipinski definition) is 0. The Kier molecular flexibility index (Phi) is 10.6. The second kappa shape index (κ2) is 14.8. The molecule has 3 aliphatic rings. The topological polar surface area (TPSA) is 111 Å². The summed E-state index contributed by atoms with van der Waals surface area (Å²) in [6, 6.07) is 6.68. The molecule has 5 rings (SSSR count). The Morgan fingerprint density at radius 3 is 2.50 bits per heavy atom. The smallest absolute Gasteiger partial charge is 0.328 e. The third-order valence-electron chi connectivity index (χ3n) is 9.14. The lowest BCUT2D eigenvalue weighted by Crippen LogP contribution is -2.47. The van der Waals surface area contributed by atoms with E-state index >= 15 is 0 Å². The Morgan fingerprint density at radius 2 is 1.80 bits per heavy atom. The average molecular weight is 605 g/mol. The van der Waals surface area contributed by atoms with Gasteiger partial charge in [0.25, 0.3) is 0 Å². The number of carbonyl (C=O) groups is 3. The highest BCUT2D eigenvalue weighted by molar-refractivity contribution is 5.90. The van der Waals surface area contributed by atoms with Crippen molar-refractivity contribution in [2.24, 2.45) is 11.8 Å². The van der Waals surface area contributed by atoms with Crippen molar-refractivity contribution in [2.45, 2.75) is 76.0 Å². The van der Waals surface area contributed by atoms with Gasteiger partial charge in [-0.25, -0.2) is 14.8 Å². The molecule has 2 aliphatic heterocycles. The van der Waals surface area contributed by atoms with E-state index in [1.165, 1.54) is 7.11 Å². The molecule has 44 heavy (non-hydrogen) atoms. The molecular formula is C34H44N4O6. The fourth-order valence-corrected chi connectivity index (χ4v) is 6.77. The summed E-state index contributed by atoms with van der Waals surface area (Å²) in [5.74, 6) is -0.817. The molecule has 2 amide bonds. The number of likely N-dealkylation sites (tertiary alicyclic amines) is 2. The van der Waals surface area contributed by atoms with Crippen molar-refractivity contribution < 1.29 is 28.6 Å². The van der Waals surface area contributed by atoms with Gasteiger partial charge in [-0.1, -0.05) is 37.6 Å². The Balaban J connectivity index is 1.30. The first kappa shape index (κ1) is 31.6. The summed E-state index contributed by atoms with van der Waals surface area (Å²) < 4.78 is 17.4. The molecule has 0 spiro atoms. The van der Waals surface area contributed by atoms with Gasteiger partial charge in [-0.2, -0.15) is 0 Å². The third-order valence-corrected chi connectivity index (χ3v) is 9.14. The van der Waals surface area contributed by atoms with E-state index in [9.17, 15) is 14.4 Å². The van der Waals surface area contributed by atoms with Crippen molar-refractivity contribution in [3.63, 3.8) is 0 Å². The lowest BCUT2D eigenvalue weighted by atomic mass is 9.86. The van der Waals surface area contributed by atoms with Crippen molar-refractivity contribution >= 4 is 34.9 Å². The average Bonchev–Trinajstić information content (AvgIpc) is 3.83. The predicted octanol–water partition coefficient (Wildman–Crippen LogP) is 4.57. The van der Waals surface area contributed by atoms with Crippen LogP contribution in [0.3, 0.4) is 0 Å². The van der Waals surface area contributed by atoms with E-state index < -0.39 is 24.0 Å². The number of nitrogens with zero attached hydrogens (tertiary/aromatic N) is 4. The highest BCUT2D eigenvalue weighted by atomic mass is 16.5. The van der Waals surface area contributed by atoms with Crippen LogP contribution >= 0.6 is 0 Å². The maximum Gasteiger partial charge on any atom is 0.328 e. The van der Waals surface area contributed by atoms with Gasteiger partial charge in [0.2, 0.25) is 17.7 Å². The maximum atomic E-state index is 14.3. The minimum Gasteiger partial charge on any atom is -0.471 e. The van der Waals surface area contributed by atoms with Gasteiger partial charge in [0.05, 0.1) is 30.8 Å². The van der Waals surface area contributed by atoms with Crippen LogP contribution in [0.1, 0.15) is 63.5 Å². The number of unbranched alkanes of at least 4 members (excludes halogenated alkanes) is 1. The zero-order valence-electron chi connectivity index (χ0n) is 25.7. The Bertz CT molecular complexity index is 1360. The maximum absolute atomic E-state index is 14.3. The molecule has 1 aromatic carbocycles. The minimum absolute atomic E-state index is 0.0169. The molecule has 10 nitrogen and oxygen atoms in total. The second-order valence-electron chi connectivity index (χ2n) is 12.0. The lowest BCUT2D eigenvalue weighted by Gasteiger charge is -2.31. The lowest BCUT2D eigenvalue weighted by molar-refractivity contribution is -0.154. The van der Waals surface area contributed by atoms with E-state index in [4.69, 9.17) is 14.2 Å². The van der Waals surface area contributed by atoms with Gasteiger partial charge < -0.3 is 24.0 Å². The quantitative estimate of drug-likeness (QED) is 0.186. The molecule has 0 radical (unpaired) electrons. The van der Waals surface area contributed by atoms with E-state index in [1.54, 1.807) is 11.0 Å². The largest absolute Gasteiger partial charge is 0.471 e. The van der Waals surface area contributed by atoms with Crippen LogP contribution in [-0.4, -0.2) is 89.2 Å². The SMILES string of the molecule is C=CCCCO[C@H]1CCN(C(=O)C[C@H](C(=O)N2C[C@H](Oc3nc4ccccc4nc3C=C)C[C@H]2C(=O)OC)C2CCCC2)C1. The van der Waals surface area contributed by atoms with E-state index in [-0.39, 0.29) is 43.2 Å². The molecule has 3 heterocycles. The van der Waals surface area contributed by atoms with Gasteiger partial charge in [0.1, 0.15) is 17.8 Å². The number of rotatable bonds is 13. The van der Waals surface area contributed by atoms with Gasteiger partial charge in [0, 0.05) is 38.5 Å². The van der Waals surface area contributed by atoms with E-state index in [0.29, 0.717) is 36.8 Å². The summed E-state index contributed by atoms with van der Waals surface area (Å²) in [5, 5.41) is 0. The monoisotopic (exact) mass is 604 g/mol. The van der Waals surface area contributed by atoms with Crippen molar-refractivity contribution in [1.82, 2.24) is 19.8 Å². The fourth-order valence-electron chi connectivity index (χ4n) is 6.77. The number of aromatic nitrogens is 2. The van der Waals surface area contributed by atoms with Gasteiger partial charge in [-0.05, 0) is 56.2 Å². The molecule has 4 atom stereocenters. The molecule has 1 aromatic heterocycles. The Labute approximate surface area is 259 Å². The van der Waals surface area contributed by atoms with E-state index in [2.05, 4.69) is 23.1 Å². The number of amides is 2.